The van der Waals surface area contributed by atoms with E-state index in [9.17, 15) is 9.59 Å². The van der Waals surface area contributed by atoms with Crippen LogP contribution < -0.4 is 0 Å². The minimum atomic E-state index is -2.67. The molecule has 0 saturated carbocycles. The van der Waals surface area contributed by atoms with Crippen molar-refractivity contribution in [3.8, 4) is 0 Å². The highest BCUT2D eigenvalue weighted by molar-refractivity contribution is 6.80. The average Bonchev–Trinajstić information content (AvgIpc) is 2.90. The molecule has 0 aromatic carbocycles. The third-order valence-electron chi connectivity index (χ3n) is 5.73. The summed E-state index contributed by atoms with van der Waals surface area (Å²) in [6.07, 6.45) is 2.86. The first-order valence-electron chi connectivity index (χ1n) is 11.9. The topological polar surface area (TPSA) is 108 Å². The highest BCUT2D eigenvalue weighted by Crippen LogP contribution is 2.28. The molecule has 0 aliphatic rings. The summed E-state index contributed by atoms with van der Waals surface area (Å²) < 4.78 is 41.5. The fourth-order valence-electron chi connectivity index (χ4n) is 3.52. The van der Waals surface area contributed by atoms with Crippen molar-refractivity contribution in [2.24, 2.45) is 0 Å². The molecular formula is C24H48O10Si2. The molecule has 0 spiro atoms. The van der Waals surface area contributed by atoms with Crippen molar-refractivity contribution in [3.05, 3.63) is 25.3 Å². The number of rotatable bonds is 21. The lowest BCUT2D eigenvalue weighted by molar-refractivity contribution is -0.141. The van der Waals surface area contributed by atoms with Crippen LogP contribution in [-0.2, 0) is 46.6 Å². The molecule has 0 fully saturated rings. The number of methoxy groups -OCH3 is 3. The molecule has 0 saturated heterocycles. The van der Waals surface area contributed by atoms with Crippen LogP contribution in [0.1, 0.15) is 13.3 Å². The van der Waals surface area contributed by atoms with Gasteiger partial charge in [-0.3, -0.25) is 0 Å². The average molecular weight is 553 g/mol. The number of ether oxygens (including phenoxy) is 5. The van der Waals surface area contributed by atoms with Crippen molar-refractivity contribution in [1.29, 1.82) is 0 Å². The number of hydrogen-bond donors (Lipinski definition) is 0. The summed E-state index contributed by atoms with van der Waals surface area (Å²) in [6.45, 7) is 11.2. The molecule has 0 heterocycles. The lowest BCUT2D eigenvalue weighted by atomic mass is 10.5. The second-order valence-electron chi connectivity index (χ2n) is 8.15. The summed E-state index contributed by atoms with van der Waals surface area (Å²) >= 11 is 0. The zero-order valence-corrected chi connectivity index (χ0v) is 25.3. The van der Waals surface area contributed by atoms with Gasteiger partial charge in [-0.05, 0) is 31.5 Å². The van der Waals surface area contributed by atoms with Crippen molar-refractivity contribution in [2.45, 2.75) is 49.7 Å². The van der Waals surface area contributed by atoms with Crippen molar-refractivity contribution in [3.63, 3.8) is 0 Å². The van der Waals surface area contributed by atoms with Gasteiger partial charge in [-0.1, -0.05) is 19.2 Å². The van der Waals surface area contributed by atoms with Gasteiger partial charge in [-0.25, -0.2) is 9.59 Å². The molecule has 0 aromatic rings. The van der Waals surface area contributed by atoms with E-state index < -0.39 is 22.8 Å². The van der Waals surface area contributed by atoms with Gasteiger partial charge in [0.15, 0.2) is 0 Å². The largest absolute Gasteiger partial charge is 0.503 e. The third-order valence-corrected chi connectivity index (χ3v) is 13.9. The fraction of sp³-hybridized carbons (Fsp3) is 0.750. The molecule has 0 aliphatic heterocycles. The Morgan fingerprint density at radius 1 is 0.722 bits per heavy atom. The molecule has 36 heavy (non-hydrogen) atoms. The Morgan fingerprint density at radius 3 is 1.53 bits per heavy atom. The Morgan fingerprint density at radius 2 is 1.17 bits per heavy atom. The van der Waals surface area contributed by atoms with Crippen LogP contribution in [0.3, 0.4) is 0 Å². The number of carbonyl (C=O) groups excluding carboxylic acids is 2. The lowest BCUT2D eigenvalue weighted by Crippen LogP contribution is -2.45. The Labute approximate surface area is 219 Å². The summed E-state index contributed by atoms with van der Waals surface area (Å²) in [5, 5.41) is 0. The van der Waals surface area contributed by atoms with Crippen molar-refractivity contribution >= 4 is 28.8 Å². The first-order chi connectivity index (χ1) is 17.2. The molecule has 0 aliphatic carbocycles. The molecule has 0 rings (SSSR count). The summed E-state index contributed by atoms with van der Waals surface area (Å²) in [5.41, 5.74) is 0. The van der Waals surface area contributed by atoms with E-state index in [1.807, 2.05) is 0 Å². The van der Waals surface area contributed by atoms with Gasteiger partial charge in [0.25, 0.3) is 0 Å². The molecule has 0 amide bonds. The predicted octanol–water partition coefficient (Wildman–Crippen LogP) is 3.48. The Kier molecular flexibility index (Phi) is 23.3. The van der Waals surface area contributed by atoms with Gasteiger partial charge in [0, 0.05) is 74.6 Å². The van der Waals surface area contributed by atoms with E-state index in [0.717, 1.165) is 56.5 Å². The van der Waals surface area contributed by atoms with Gasteiger partial charge in [-0.2, -0.15) is 0 Å². The van der Waals surface area contributed by atoms with Crippen LogP contribution >= 0.6 is 0 Å². The van der Waals surface area contributed by atoms with Crippen LogP contribution in [0.2, 0.25) is 30.2 Å². The number of esters is 2. The highest BCUT2D eigenvalue weighted by atomic mass is 28.4. The maximum atomic E-state index is 11.1. The quantitative estimate of drug-likeness (QED) is 0.0909. The predicted molar refractivity (Wildman–Crippen MR) is 144 cm³/mol. The van der Waals surface area contributed by atoms with Crippen LogP contribution in [0.25, 0.3) is 0 Å². The summed E-state index contributed by atoms with van der Waals surface area (Å²) in [6, 6.07) is 4.77. The number of hydrogen-bond acceptors (Lipinski definition) is 10. The van der Waals surface area contributed by atoms with E-state index in [1.54, 1.807) is 28.3 Å². The number of carbonyl (C=O) groups is 2. The molecule has 212 valence electrons. The van der Waals surface area contributed by atoms with E-state index in [-0.39, 0.29) is 12.1 Å². The monoisotopic (exact) mass is 552 g/mol. The Hall–Kier alpha value is -1.39. The van der Waals surface area contributed by atoms with E-state index in [4.69, 9.17) is 37.0 Å². The van der Waals surface area contributed by atoms with Crippen LogP contribution in [0.15, 0.2) is 25.3 Å². The zero-order chi connectivity index (χ0) is 27.9. The minimum Gasteiger partial charge on any atom is -0.463 e. The summed E-state index contributed by atoms with van der Waals surface area (Å²) in [5.74, 6) is -0.818. The molecule has 10 nitrogen and oxygen atoms in total. The Bertz CT molecular complexity index is 569. The van der Waals surface area contributed by atoms with E-state index in [1.165, 1.54) is 27.4 Å². The zero-order valence-electron chi connectivity index (χ0n) is 23.3. The second kappa shape index (κ2) is 22.8. The fourth-order valence-corrected chi connectivity index (χ4v) is 9.62. The molecule has 1 atom stereocenters. The van der Waals surface area contributed by atoms with Crippen LogP contribution in [0.4, 0.5) is 0 Å². The maximum Gasteiger partial charge on any atom is 0.503 e. The van der Waals surface area contributed by atoms with Gasteiger partial charge in [0.05, 0.1) is 20.7 Å². The second-order valence-corrected chi connectivity index (χ2v) is 16.2. The van der Waals surface area contributed by atoms with Crippen molar-refractivity contribution in [1.82, 2.24) is 0 Å². The van der Waals surface area contributed by atoms with Crippen LogP contribution in [0.5, 0.6) is 0 Å². The van der Waals surface area contributed by atoms with Crippen LogP contribution in [0, 0.1) is 0 Å². The molecule has 0 N–H and O–H groups in total. The molecule has 0 aromatic heterocycles. The molecule has 1 unspecified atom stereocenters. The van der Waals surface area contributed by atoms with Crippen molar-refractivity contribution in [2.75, 3.05) is 69.1 Å². The third kappa shape index (κ3) is 17.1. The van der Waals surface area contributed by atoms with Gasteiger partial charge < -0.3 is 37.0 Å². The highest BCUT2D eigenvalue weighted by Gasteiger charge is 2.40. The van der Waals surface area contributed by atoms with Gasteiger partial charge in [0.1, 0.15) is 6.10 Å². The van der Waals surface area contributed by atoms with E-state index in [2.05, 4.69) is 13.2 Å². The molecule has 0 bridgehead atoms. The smallest absolute Gasteiger partial charge is 0.463 e. The SMILES string of the molecule is C=CC(=O)OC(C)C[Si](OC)(OC)OC.C=CC(=O)OCCC[Si](CCOC)(CCOC)CCOC. The normalized spacial score (nSPS) is 12.2. The van der Waals surface area contributed by atoms with E-state index in [0.29, 0.717) is 12.7 Å². The van der Waals surface area contributed by atoms with Gasteiger partial charge >= 0.3 is 20.7 Å². The van der Waals surface area contributed by atoms with Gasteiger partial charge in [-0.15, -0.1) is 0 Å². The maximum absolute atomic E-state index is 11.1. The minimum absolute atomic E-state index is 0.331. The summed E-state index contributed by atoms with van der Waals surface area (Å²) in [4.78, 5) is 22.0. The lowest BCUT2D eigenvalue weighted by Gasteiger charge is -2.31. The van der Waals surface area contributed by atoms with Crippen molar-refractivity contribution < 1.29 is 46.6 Å². The summed E-state index contributed by atoms with van der Waals surface area (Å²) in [7, 11) is 5.54. The Balaban J connectivity index is 0. The first kappa shape index (κ1) is 36.8. The first-order valence-corrected chi connectivity index (χ1v) is 16.7. The standard InChI is InChI=1S/C15H30O5Si.C9H18O5Si/c1-5-15(16)20-7-6-11-21(12-8-17-2,13-9-18-3)14-10-19-4;1-6-9(10)14-8(2)7-15(11-3,12-4)13-5/h5H,1,6-14H2,2-4H3;6,8H,1,7H2,2-5H3. The molecular weight excluding hydrogens is 504 g/mol. The van der Waals surface area contributed by atoms with E-state index >= 15 is 0 Å². The molecule has 12 heteroatoms. The van der Waals surface area contributed by atoms with Crippen LogP contribution in [-0.4, -0.2) is 104 Å². The molecule has 0 radical (unpaired) electrons. The van der Waals surface area contributed by atoms with Gasteiger partial charge in [0.2, 0.25) is 0 Å².